The van der Waals surface area contributed by atoms with E-state index in [1.165, 1.54) is 19.9 Å². The summed E-state index contributed by atoms with van der Waals surface area (Å²) in [6.07, 6.45) is -5.52. The van der Waals surface area contributed by atoms with Gasteiger partial charge in [0.1, 0.15) is 5.69 Å². The Kier molecular flexibility index (Phi) is 4.69. The number of nitrogens with zero attached hydrogens (tertiary/aromatic N) is 1. The van der Waals surface area contributed by atoms with E-state index in [-0.39, 0.29) is 17.0 Å². The third-order valence-corrected chi connectivity index (χ3v) is 2.46. The van der Waals surface area contributed by atoms with Crippen LogP contribution >= 0.6 is 0 Å². The number of carboxylic acid groups (broad SMARTS) is 1. The number of carbonyl (C=O) groups is 2. The van der Waals surface area contributed by atoms with Crippen molar-refractivity contribution in [2.24, 2.45) is 0 Å². The highest BCUT2D eigenvalue weighted by Crippen LogP contribution is 2.21. The summed E-state index contributed by atoms with van der Waals surface area (Å²) in [5, 5.41) is 11.0. The summed E-state index contributed by atoms with van der Waals surface area (Å²) in [7, 11) is 0. The third-order valence-electron chi connectivity index (χ3n) is 2.46. The van der Waals surface area contributed by atoms with Gasteiger partial charge in [0, 0.05) is 6.04 Å². The summed E-state index contributed by atoms with van der Waals surface area (Å²) < 4.78 is 36.4. The highest BCUT2D eigenvalue weighted by molar-refractivity contribution is 5.94. The van der Waals surface area contributed by atoms with E-state index < -0.39 is 30.5 Å². The monoisotopic (exact) mass is 290 g/mol. The van der Waals surface area contributed by atoms with Crippen molar-refractivity contribution in [2.45, 2.75) is 32.5 Å². The molecule has 0 spiro atoms. The molecular formula is C12H13F3N2O3. The number of rotatable bonds is 4. The number of alkyl halides is 3. The van der Waals surface area contributed by atoms with Crippen LogP contribution in [0.5, 0.6) is 0 Å². The normalized spacial score (nSPS) is 12.8. The molecule has 0 aliphatic rings. The van der Waals surface area contributed by atoms with Gasteiger partial charge in [-0.1, -0.05) is 0 Å². The van der Waals surface area contributed by atoms with E-state index in [1.807, 2.05) is 0 Å². The smallest absolute Gasteiger partial charge is 0.391 e. The lowest BCUT2D eigenvalue weighted by molar-refractivity contribution is -0.138. The van der Waals surface area contributed by atoms with Crippen LogP contribution in [0.2, 0.25) is 0 Å². The lowest BCUT2D eigenvalue weighted by atomic mass is 10.1. The van der Waals surface area contributed by atoms with Gasteiger partial charge in [-0.25, -0.2) is 9.78 Å². The van der Waals surface area contributed by atoms with Crippen molar-refractivity contribution in [1.29, 1.82) is 0 Å². The van der Waals surface area contributed by atoms with E-state index in [0.717, 1.165) is 6.07 Å². The second kappa shape index (κ2) is 5.89. The molecule has 0 aliphatic carbocycles. The largest absolute Gasteiger partial charge is 0.478 e. The lowest BCUT2D eigenvalue weighted by Gasteiger charge is -2.15. The Bertz CT molecular complexity index is 529. The summed E-state index contributed by atoms with van der Waals surface area (Å²) >= 11 is 0. The van der Waals surface area contributed by atoms with Gasteiger partial charge in [0.2, 0.25) is 0 Å². The Labute approximate surface area is 112 Å². The molecule has 1 rings (SSSR count). The number of aryl methyl sites for hydroxylation is 1. The van der Waals surface area contributed by atoms with Crippen LogP contribution in [-0.2, 0) is 0 Å². The first-order valence-corrected chi connectivity index (χ1v) is 5.68. The SMILES string of the molecule is Cc1nc(C(=O)NC(C)CC(F)(F)F)ccc1C(=O)O. The zero-order chi connectivity index (χ0) is 15.5. The van der Waals surface area contributed by atoms with E-state index in [1.54, 1.807) is 0 Å². The Morgan fingerprint density at radius 3 is 2.45 bits per heavy atom. The van der Waals surface area contributed by atoms with Crippen LogP contribution in [0.15, 0.2) is 12.1 Å². The van der Waals surface area contributed by atoms with Crippen LogP contribution in [0, 0.1) is 6.92 Å². The van der Waals surface area contributed by atoms with Crippen molar-refractivity contribution < 1.29 is 27.9 Å². The number of pyridine rings is 1. The quantitative estimate of drug-likeness (QED) is 0.890. The number of nitrogens with one attached hydrogen (secondary N) is 1. The molecule has 5 nitrogen and oxygen atoms in total. The fourth-order valence-corrected chi connectivity index (χ4v) is 1.61. The van der Waals surface area contributed by atoms with Gasteiger partial charge in [-0.05, 0) is 26.0 Å². The Morgan fingerprint density at radius 2 is 2.00 bits per heavy atom. The molecule has 0 fully saturated rings. The van der Waals surface area contributed by atoms with Crippen molar-refractivity contribution in [1.82, 2.24) is 10.3 Å². The number of carbonyl (C=O) groups excluding carboxylic acids is 1. The van der Waals surface area contributed by atoms with Crippen LogP contribution in [-0.4, -0.2) is 34.2 Å². The zero-order valence-electron chi connectivity index (χ0n) is 10.8. The van der Waals surface area contributed by atoms with Gasteiger partial charge in [-0.3, -0.25) is 4.79 Å². The van der Waals surface area contributed by atoms with Gasteiger partial charge in [-0.15, -0.1) is 0 Å². The highest BCUT2D eigenvalue weighted by Gasteiger charge is 2.30. The van der Waals surface area contributed by atoms with Crippen molar-refractivity contribution in [3.05, 3.63) is 29.1 Å². The van der Waals surface area contributed by atoms with E-state index in [0.29, 0.717) is 0 Å². The van der Waals surface area contributed by atoms with Gasteiger partial charge in [0.25, 0.3) is 5.91 Å². The summed E-state index contributed by atoms with van der Waals surface area (Å²) in [6, 6.07) is 1.25. The minimum atomic E-state index is -4.37. The summed E-state index contributed by atoms with van der Waals surface area (Å²) in [5.41, 5.74) is -0.0694. The van der Waals surface area contributed by atoms with Crippen molar-refractivity contribution in [3.8, 4) is 0 Å². The molecule has 2 N–H and O–H groups in total. The maximum absolute atomic E-state index is 12.1. The fraction of sp³-hybridized carbons (Fsp3) is 0.417. The molecular weight excluding hydrogens is 277 g/mol. The molecule has 1 aromatic heterocycles. The van der Waals surface area contributed by atoms with Crippen molar-refractivity contribution in [3.63, 3.8) is 0 Å². The number of aromatic carboxylic acids is 1. The second-order valence-electron chi connectivity index (χ2n) is 4.33. The highest BCUT2D eigenvalue weighted by atomic mass is 19.4. The molecule has 0 radical (unpaired) electrons. The number of aromatic nitrogens is 1. The Balaban J connectivity index is 2.78. The standard InChI is InChI=1S/C12H13F3N2O3/c1-6(5-12(13,14)15)16-10(18)9-4-3-8(11(19)20)7(2)17-9/h3-4,6H,5H2,1-2H3,(H,16,18)(H,19,20). The molecule has 0 saturated heterocycles. The lowest BCUT2D eigenvalue weighted by Crippen LogP contribution is -2.36. The first kappa shape index (κ1) is 15.9. The van der Waals surface area contributed by atoms with Crippen LogP contribution in [0.1, 0.15) is 39.9 Å². The summed E-state index contributed by atoms with van der Waals surface area (Å²) in [6.45, 7) is 2.63. The van der Waals surface area contributed by atoms with Gasteiger partial charge >= 0.3 is 12.1 Å². The molecule has 0 aliphatic heterocycles. The second-order valence-corrected chi connectivity index (χ2v) is 4.33. The predicted octanol–water partition coefficient (Wildman–Crippen LogP) is 2.16. The van der Waals surface area contributed by atoms with Gasteiger partial charge in [-0.2, -0.15) is 13.2 Å². The zero-order valence-corrected chi connectivity index (χ0v) is 10.8. The fourth-order valence-electron chi connectivity index (χ4n) is 1.61. The minimum Gasteiger partial charge on any atom is -0.478 e. The van der Waals surface area contributed by atoms with Gasteiger partial charge in [0.05, 0.1) is 17.7 Å². The molecule has 0 bridgehead atoms. The topological polar surface area (TPSA) is 79.3 Å². The average Bonchev–Trinajstić information content (AvgIpc) is 2.25. The van der Waals surface area contributed by atoms with E-state index in [9.17, 15) is 22.8 Å². The number of hydrogen-bond donors (Lipinski definition) is 2. The molecule has 8 heteroatoms. The molecule has 110 valence electrons. The molecule has 1 unspecified atom stereocenters. The molecule has 20 heavy (non-hydrogen) atoms. The van der Waals surface area contributed by atoms with Crippen molar-refractivity contribution in [2.75, 3.05) is 0 Å². The third kappa shape index (κ3) is 4.52. The maximum Gasteiger partial charge on any atom is 0.391 e. The molecule has 1 heterocycles. The first-order valence-electron chi connectivity index (χ1n) is 5.68. The molecule has 1 amide bonds. The summed E-state index contributed by atoms with van der Waals surface area (Å²) in [4.78, 5) is 26.2. The molecule has 0 saturated carbocycles. The number of amides is 1. The summed E-state index contributed by atoms with van der Waals surface area (Å²) in [5.74, 6) is -1.96. The number of halogens is 3. The van der Waals surface area contributed by atoms with Gasteiger partial charge in [0.15, 0.2) is 0 Å². The first-order chi connectivity index (χ1) is 9.10. The Hall–Kier alpha value is -2.12. The predicted molar refractivity (Wildman–Crippen MR) is 63.5 cm³/mol. The maximum atomic E-state index is 12.1. The van der Waals surface area contributed by atoms with Crippen LogP contribution in [0.3, 0.4) is 0 Å². The van der Waals surface area contributed by atoms with E-state index in [2.05, 4.69) is 10.3 Å². The van der Waals surface area contributed by atoms with Crippen molar-refractivity contribution >= 4 is 11.9 Å². The number of carboxylic acids is 1. The van der Waals surface area contributed by atoms with Gasteiger partial charge < -0.3 is 10.4 Å². The molecule has 1 aromatic rings. The molecule has 1 atom stereocenters. The minimum absolute atomic E-state index is 0.0649. The molecule has 0 aromatic carbocycles. The van der Waals surface area contributed by atoms with E-state index in [4.69, 9.17) is 5.11 Å². The van der Waals surface area contributed by atoms with Crippen LogP contribution in [0.25, 0.3) is 0 Å². The van der Waals surface area contributed by atoms with Crippen LogP contribution < -0.4 is 5.32 Å². The average molecular weight is 290 g/mol. The Morgan fingerprint density at radius 1 is 1.40 bits per heavy atom. The van der Waals surface area contributed by atoms with Crippen LogP contribution in [0.4, 0.5) is 13.2 Å². The van der Waals surface area contributed by atoms with E-state index >= 15 is 0 Å². The number of hydrogen-bond acceptors (Lipinski definition) is 3.